The third-order valence-electron chi connectivity index (χ3n) is 3.62. The highest BCUT2D eigenvalue weighted by molar-refractivity contribution is 6.34. The molecule has 0 bridgehead atoms. The van der Waals surface area contributed by atoms with E-state index in [0.717, 1.165) is 6.42 Å². The first-order valence-electron chi connectivity index (χ1n) is 7.85. The van der Waals surface area contributed by atoms with Crippen molar-refractivity contribution in [1.82, 2.24) is 0 Å². The van der Waals surface area contributed by atoms with Gasteiger partial charge in [-0.25, -0.2) is 0 Å². The normalized spacial score (nSPS) is 13.5. The van der Waals surface area contributed by atoms with Gasteiger partial charge >= 0.3 is 0 Å². The van der Waals surface area contributed by atoms with Crippen LogP contribution in [0, 0.1) is 11.3 Å². The topological polar surface area (TPSA) is 71.3 Å². The molecule has 1 heterocycles. The molecule has 0 spiro atoms. The standard InChI is InChI=1S/C19H14Cl2N2O3/c20-14-4-1-2-5-16(14)23-19(24)13(11-22)8-12-9-15(21)18-17(10-12)25-6-3-7-26-18/h1-2,4-5,8-10H,3,6-7H2,(H,23,24)/b13-8+. The van der Waals surface area contributed by atoms with Gasteiger partial charge in [0.15, 0.2) is 11.5 Å². The number of amides is 1. The Hall–Kier alpha value is -2.68. The molecule has 0 aromatic heterocycles. The second kappa shape index (κ2) is 8.13. The SMILES string of the molecule is N#C/C(=C\c1cc(Cl)c2c(c1)OCCCO2)C(=O)Nc1ccccc1Cl. The second-order valence-electron chi connectivity index (χ2n) is 5.48. The fraction of sp³-hybridized carbons (Fsp3) is 0.158. The first kappa shape index (κ1) is 18.1. The summed E-state index contributed by atoms with van der Waals surface area (Å²) < 4.78 is 11.2. The van der Waals surface area contributed by atoms with Gasteiger partial charge < -0.3 is 14.8 Å². The van der Waals surface area contributed by atoms with Crippen LogP contribution in [0.3, 0.4) is 0 Å². The van der Waals surface area contributed by atoms with Crippen LogP contribution in [0.1, 0.15) is 12.0 Å². The molecule has 3 rings (SSSR count). The van der Waals surface area contributed by atoms with Crippen molar-refractivity contribution in [1.29, 1.82) is 5.26 Å². The van der Waals surface area contributed by atoms with Gasteiger partial charge in [0.2, 0.25) is 0 Å². The maximum Gasteiger partial charge on any atom is 0.266 e. The van der Waals surface area contributed by atoms with Gasteiger partial charge in [-0.2, -0.15) is 5.26 Å². The Morgan fingerprint density at radius 3 is 2.69 bits per heavy atom. The molecular formula is C19H14Cl2N2O3. The zero-order chi connectivity index (χ0) is 18.5. The van der Waals surface area contributed by atoms with Crippen molar-refractivity contribution in [2.75, 3.05) is 18.5 Å². The third-order valence-corrected chi connectivity index (χ3v) is 4.23. The number of halogens is 2. The monoisotopic (exact) mass is 388 g/mol. The lowest BCUT2D eigenvalue weighted by Crippen LogP contribution is -2.13. The Labute approximate surface area is 160 Å². The number of ether oxygens (including phenoxy) is 2. The fourth-order valence-corrected chi connectivity index (χ4v) is 2.86. The predicted molar refractivity (Wildman–Crippen MR) is 101 cm³/mol. The second-order valence-corrected chi connectivity index (χ2v) is 6.30. The molecule has 0 saturated carbocycles. The lowest BCUT2D eigenvalue weighted by Gasteiger charge is -2.10. The van der Waals surface area contributed by atoms with Gasteiger partial charge in [-0.15, -0.1) is 0 Å². The molecule has 1 aliphatic rings. The Balaban J connectivity index is 1.88. The van der Waals surface area contributed by atoms with E-state index in [0.29, 0.717) is 46.0 Å². The van der Waals surface area contributed by atoms with Crippen molar-refractivity contribution in [2.45, 2.75) is 6.42 Å². The maximum atomic E-state index is 12.4. The summed E-state index contributed by atoms with van der Waals surface area (Å²) in [6.07, 6.45) is 2.19. The fourth-order valence-electron chi connectivity index (χ4n) is 2.40. The van der Waals surface area contributed by atoms with Gasteiger partial charge in [0, 0.05) is 6.42 Å². The summed E-state index contributed by atoms with van der Waals surface area (Å²) in [5.41, 5.74) is 0.901. The zero-order valence-electron chi connectivity index (χ0n) is 13.6. The van der Waals surface area contributed by atoms with Crippen molar-refractivity contribution < 1.29 is 14.3 Å². The van der Waals surface area contributed by atoms with E-state index in [1.807, 2.05) is 6.07 Å². The summed E-state index contributed by atoms with van der Waals surface area (Å²) in [7, 11) is 0. The van der Waals surface area contributed by atoms with Crippen molar-refractivity contribution in [3.8, 4) is 17.6 Å². The van der Waals surface area contributed by atoms with Crippen LogP contribution in [0.25, 0.3) is 6.08 Å². The van der Waals surface area contributed by atoms with Crippen LogP contribution < -0.4 is 14.8 Å². The van der Waals surface area contributed by atoms with Crippen LogP contribution >= 0.6 is 23.2 Å². The van der Waals surface area contributed by atoms with E-state index in [9.17, 15) is 10.1 Å². The Morgan fingerprint density at radius 1 is 1.15 bits per heavy atom. The molecule has 0 aliphatic carbocycles. The minimum atomic E-state index is -0.566. The molecule has 2 aromatic rings. The van der Waals surface area contributed by atoms with Gasteiger partial charge in [0.05, 0.1) is 28.9 Å². The number of nitrogens with one attached hydrogen (secondary N) is 1. The molecule has 26 heavy (non-hydrogen) atoms. The van der Waals surface area contributed by atoms with E-state index in [1.54, 1.807) is 36.4 Å². The smallest absolute Gasteiger partial charge is 0.266 e. The third kappa shape index (κ3) is 4.10. The van der Waals surface area contributed by atoms with Crippen LogP contribution in [-0.4, -0.2) is 19.1 Å². The summed E-state index contributed by atoms with van der Waals surface area (Å²) in [5, 5.41) is 12.7. The first-order valence-corrected chi connectivity index (χ1v) is 8.61. The van der Waals surface area contributed by atoms with E-state index in [1.165, 1.54) is 6.08 Å². The van der Waals surface area contributed by atoms with Gasteiger partial charge in [-0.05, 0) is 35.9 Å². The number of nitriles is 1. The summed E-state index contributed by atoms with van der Waals surface area (Å²) in [6, 6.07) is 12.0. The average molecular weight is 389 g/mol. The summed E-state index contributed by atoms with van der Waals surface area (Å²) in [5.74, 6) is 0.397. The minimum Gasteiger partial charge on any atom is -0.489 e. The van der Waals surface area contributed by atoms with Gasteiger partial charge in [0.1, 0.15) is 11.6 Å². The molecule has 1 aliphatic heterocycles. The van der Waals surface area contributed by atoms with Gasteiger partial charge in [-0.3, -0.25) is 4.79 Å². The lowest BCUT2D eigenvalue weighted by molar-refractivity contribution is -0.112. The molecule has 0 unspecified atom stereocenters. The molecule has 0 fully saturated rings. The number of hydrogen-bond donors (Lipinski definition) is 1. The molecule has 2 aromatic carbocycles. The molecular weight excluding hydrogens is 375 g/mol. The van der Waals surface area contributed by atoms with Crippen molar-refractivity contribution in [3.05, 3.63) is 57.6 Å². The zero-order valence-corrected chi connectivity index (χ0v) is 15.1. The van der Waals surface area contributed by atoms with Crippen molar-refractivity contribution >= 4 is 40.9 Å². The van der Waals surface area contributed by atoms with Crippen LogP contribution in [0.2, 0.25) is 10.0 Å². The first-order chi connectivity index (χ1) is 12.6. The Morgan fingerprint density at radius 2 is 1.92 bits per heavy atom. The number of anilines is 1. The highest BCUT2D eigenvalue weighted by Crippen LogP contribution is 2.38. The highest BCUT2D eigenvalue weighted by Gasteiger charge is 2.17. The van der Waals surface area contributed by atoms with E-state index in [-0.39, 0.29) is 5.57 Å². The summed E-state index contributed by atoms with van der Waals surface area (Å²) in [4.78, 5) is 12.4. The quantitative estimate of drug-likeness (QED) is 0.610. The van der Waals surface area contributed by atoms with Crippen LogP contribution in [0.5, 0.6) is 11.5 Å². The van der Waals surface area contributed by atoms with Gasteiger partial charge in [-0.1, -0.05) is 35.3 Å². The number of nitrogens with zero attached hydrogens (tertiary/aromatic N) is 1. The number of hydrogen-bond acceptors (Lipinski definition) is 4. The Kier molecular flexibility index (Phi) is 5.67. The van der Waals surface area contributed by atoms with Crippen molar-refractivity contribution in [2.24, 2.45) is 0 Å². The molecule has 5 nitrogen and oxygen atoms in total. The van der Waals surface area contributed by atoms with E-state index in [4.69, 9.17) is 32.7 Å². The molecule has 0 atom stereocenters. The van der Waals surface area contributed by atoms with Crippen LogP contribution in [-0.2, 0) is 4.79 Å². The Bertz CT molecular complexity index is 919. The predicted octanol–water partition coefficient (Wildman–Crippen LogP) is 4.70. The van der Waals surface area contributed by atoms with E-state index in [2.05, 4.69) is 5.32 Å². The molecule has 0 radical (unpaired) electrons. The van der Waals surface area contributed by atoms with E-state index >= 15 is 0 Å². The number of carbonyl (C=O) groups is 1. The summed E-state index contributed by atoms with van der Waals surface area (Å²) in [6.45, 7) is 1.03. The molecule has 1 N–H and O–H groups in total. The number of fused-ring (bicyclic) bond motifs is 1. The molecule has 132 valence electrons. The lowest BCUT2D eigenvalue weighted by atomic mass is 10.1. The average Bonchev–Trinajstić information content (AvgIpc) is 2.87. The number of benzene rings is 2. The molecule has 7 heteroatoms. The number of rotatable bonds is 3. The number of carbonyl (C=O) groups excluding carboxylic acids is 1. The highest BCUT2D eigenvalue weighted by atomic mass is 35.5. The van der Waals surface area contributed by atoms with Gasteiger partial charge in [0.25, 0.3) is 5.91 Å². The van der Waals surface area contributed by atoms with E-state index < -0.39 is 5.91 Å². The largest absolute Gasteiger partial charge is 0.489 e. The summed E-state index contributed by atoms with van der Waals surface area (Å²) >= 11 is 12.3. The van der Waals surface area contributed by atoms with Crippen molar-refractivity contribution in [3.63, 3.8) is 0 Å². The van der Waals surface area contributed by atoms with Crippen LogP contribution in [0.4, 0.5) is 5.69 Å². The molecule has 1 amide bonds. The van der Waals surface area contributed by atoms with Crippen LogP contribution in [0.15, 0.2) is 42.0 Å². The number of para-hydroxylation sites is 1. The maximum absolute atomic E-state index is 12.4. The minimum absolute atomic E-state index is 0.0875. The molecule has 0 saturated heterocycles.